The molecule has 0 spiro atoms. The summed E-state index contributed by atoms with van der Waals surface area (Å²) in [6, 6.07) is 15.5. The molecule has 5 nitrogen and oxygen atoms in total. The number of carbonyl (C=O) groups excluding carboxylic acids is 1. The van der Waals surface area contributed by atoms with E-state index in [1.807, 2.05) is 31.1 Å². The minimum absolute atomic E-state index is 0.0376. The first-order chi connectivity index (χ1) is 11.9. The van der Waals surface area contributed by atoms with E-state index in [-0.39, 0.29) is 17.3 Å². The maximum atomic E-state index is 13.1. The zero-order chi connectivity index (χ0) is 18.4. The lowest BCUT2D eigenvalue weighted by Gasteiger charge is -2.20. The third kappa shape index (κ3) is 4.74. The maximum absolute atomic E-state index is 13.1. The molecule has 25 heavy (non-hydrogen) atoms. The van der Waals surface area contributed by atoms with Gasteiger partial charge in [-0.25, -0.2) is 8.42 Å². The van der Waals surface area contributed by atoms with Gasteiger partial charge in [0.15, 0.2) is 9.84 Å². The van der Waals surface area contributed by atoms with Gasteiger partial charge < -0.3 is 10.2 Å². The first-order valence-corrected chi connectivity index (χ1v) is 9.83. The summed E-state index contributed by atoms with van der Waals surface area (Å²) in [5, 5.41) is 1.69. The highest BCUT2D eigenvalue weighted by molar-refractivity contribution is 7.91. The van der Waals surface area contributed by atoms with Gasteiger partial charge in [0.05, 0.1) is 4.90 Å². The Hall–Kier alpha value is -2.05. The monoisotopic (exact) mass is 380 g/mol. The highest BCUT2D eigenvalue weighted by Gasteiger charge is 2.29. The van der Waals surface area contributed by atoms with Crippen LogP contribution in [0.2, 0.25) is 0 Å². The van der Waals surface area contributed by atoms with Crippen LogP contribution in [0.4, 0.5) is 5.69 Å². The number of hydrogen-bond acceptors (Lipinski definition) is 4. The summed E-state index contributed by atoms with van der Waals surface area (Å²) in [6.45, 7) is -0.0376. The lowest BCUT2D eigenvalue weighted by Crippen LogP contribution is -2.32. The van der Waals surface area contributed by atoms with Gasteiger partial charge in [0, 0.05) is 26.3 Å². The van der Waals surface area contributed by atoms with Gasteiger partial charge in [0.2, 0.25) is 5.91 Å². The summed E-state index contributed by atoms with van der Waals surface area (Å²) < 4.78 is 26.1. The quantitative estimate of drug-likeness (QED) is 0.750. The Balaban J connectivity index is 2.40. The summed E-state index contributed by atoms with van der Waals surface area (Å²) in [6.07, 6.45) is 0. The third-order valence-corrected chi connectivity index (χ3v) is 6.19. The van der Waals surface area contributed by atoms with Crippen molar-refractivity contribution in [2.75, 3.05) is 31.4 Å². The molecule has 0 unspecified atom stereocenters. The van der Waals surface area contributed by atoms with Crippen LogP contribution in [0.5, 0.6) is 0 Å². The molecular formula is C18H21ClN2O3S. The summed E-state index contributed by atoms with van der Waals surface area (Å²) in [4.78, 5) is 13.7. The second-order valence-corrected chi connectivity index (χ2v) is 8.17. The van der Waals surface area contributed by atoms with E-state index in [0.717, 1.165) is 5.69 Å². The summed E-state index contributed by atoms with van der Waals surface area (Å²) >= 11 is 5.50. The Morgan fingerprint density at radius 3 is 2.20 bits per heavy atom. The van der Waals surface area contributed by atoms with Crippen LogP contribution in [-0.4, -0.2) is 40.8 Å². The maximum Gasteiger partial charge on any atom is 0.234 e. The Kier molecular flexibility index (Phi) is 6.45. The predicted molar refractivity (Wildman–Crippen MR) is 101 cm³/mol. The van der Waals surface area contributed by atoms with Crippen LogP contribution in [0.15, 0.2) is 59.5 Å². The zero-order valence-electron chi connectivity index (χ0n) is 14.1. The largest absolute Gasteiger partial charge is 0.378 e. The molecule has 2 rings (SSSR count). The number of nitrogens with one attached hydrogen (secondary N) is 1. The molecule has 1 N–H and O–H groups in total. The van der Waals surface area contributed by atoms with Crippen molar-refractivity contribution >= 4 is 33.0 Å². The van der Waals surface area contributed by atoms with Gasteiger partial charge >= 0.3 is 0 Å². The molecule has 0 radical (unpaired) electrons. The Morgan fingerprint density at radius 1 is 1.08 bits per heavy atom. The molecule has 1 atom stereocenters. The first kappa shape index (κ1) is 19.3. The van der Waals surface area contributed by atoms with Crippen LogP contribution >= 0.6 is 11.6 Å². The van der Waals surface area contributed by atoms with Crippen molar-refractivity contribution in [2.45, 2.75) is 10.1 Å². The fraction of sp³-hybridized carbons (Fsp3) is 0.278. The average Bonchev–Trinajstić information content (AvgIpc) is 2.62. The second-order valence-electron chi connectivity index (χ2n) is 5.77. The molecule has 0 fully saturated rings. The average molecular weight is 381 g/mol. The molecule has 0 aliphatic carbocycles. The summed E-state index contributed by atoms with van der Waals surface area (Å²) in [5.41, 5.74) is 1.58. The lowest BCUT2D eigenvalue weighted by atomic mass is 10.1. The van der Waals surface area contributed by atoms with E-state index in [4.69, 9.17) is 11.6 Å². The Bertz CT molecular complexity index is 806. The van der Waals surface area contributed by atoms with E-state index in [0.29, 0.717) is 5.56 Å². The number of rotatable bonds is 7. The number of nitrogens with zero attached hydrogens (tertiary/aromatic N) is 1. The molecule has 0 saturated carbocycles. The van der Waals surface area contributed by atoms with E-state index in [1.165, 1.54) is 0 Å². The molecule has 0 aromatic heterocycles. The molecule has 7 heteroatoms. The van der Waals surface area contributed by atoms with E-state index in [1.54, 1.807) is 42.5 Å². The van der Waals surface area contributed by atoms with Crippen molar-refractivity contribution in [3.8, 4) is 0 Å². The SMILES string of the molecule is CN(C)c1ccc([C@H](CNC(=O)CCl)S(=O)(=O)c2ccccc2)cc1. The fourth-order valence-corrected chi connectivity index (χ4v) is 4.20. The highest BCUT2D eigenvalue weighted by Crippen LogP contribution is 2.29. The van der Waals surface area contributed by atoms with Crippen molar-refractivity contribution < 1.29 is 13.2 Å². The van der Waals surface area contributed by atoms with Crippen LogP contribution in [0, 0.1) is 0 Å². The smallest absolute Gasteiger partial charge is 0.234 e. The first-order valence-electron chi connectivity index (χ1n) is 7.75. The molecule has 0 aliphatic rings. The van der Waals surface area contributed by atoms with Crippen molar-refractivity contribution in [2.24, 2.45) is 0 Å². The Labute approximate surface area is 153 Å². The Morgan fingerprint density at radius 2 is 1.68 bits per heavy atom. The lowest BCUT2D eigenvalue weighted by molar-refractivity contribution is -0.118. The third-order valence-electron chi connectivity index (χ3n) is 3.83. The summed E-state index contributed by atoms with van der Waals surface area (Å²) in [7, 11) is 0.159. The standard InChI is InChI=1S/C18H21ClN2O3S/c1-21(2)15-10-8-14(9-11-15)17(13-20-18(22)12-19)25(23,24)16-6-4-3-5-7-16/h3-11,17H,12-13H2,1-2H3,(H,20,22)/t17-/m0/s1. The minimum atomic E-state index is -3.66. The van der Waals surface area contributed by atoms with Gasteiger partial charge in [-0.1, -0.05) is 30.3 Å². The molecule has 134 valence electrons. The topological polar surface area (TPSA) is 66.5 Å². The number of carbonyl (C=O) groups is 1. The molecule has 0 heterocycles. The highest BCUT2D eigenvalue weighted by atomic mass is 35.5. The van der Waals surface area contributed by atoms with Crippen molar-refractivity contribution in [1.82, 2.24) is 5.32 Å². The normalized spacial score (nSPS) is 12.4. The van der Waals surface area contributed by atoms with Gasteiger partial charge in [-0.3, -0.25) is 4.79 Å². The molecule has 0 saturated heterocycles. The number of halogens is 1. The van der Waals surface area contributed by atoms with E-state index in [2.05, 4.69) is 5.32 Å². The number of anilines is 1. The van der Waals surface area contributed by atoms with Gasteiger partial charge in [0.25, 0.3) is 0 Å². The summed E-state index contributed by atoms with van der Waals surface area (Å²) in [5.74, 6) is -0.614. The number of benzene rings is 2. The minimum Gasteiger partial charge on any atom is -0.378 e. The van der Waals surface area contributed by atoms with Crippen LogP contribution in [0.3, 0.4) is 0 Å². The van der Waals surface area contributed by atoms with Crippen LogP contribution in [-0.2, 0) is 14.6 Å². The fourth-order valence-electron chi connectivity index (χ4n) is 2.42. The van der Waals surface area contributed by atoms with E-state index in [9.17, 15) is 13.2 Å². The van der Waals surface area contributed by atoms with Gasteiger partial charge in [-0.05, 0) is 29.8 Å². The van der Waals surface area contributed by atoms with Crippen molar-refractivity contribution in [3.63, 3.8) is 0 Å². The second kappa shape index (κ2) is 8.36. The molecular weight excluding hydrogens is 360 g/mol. The van der Waals surface area contributed by atoms with E-state index >= 15 is 0 Å². The van der Waals surface area contributed by atoms with E-state index < -0.39 is 21.0 Å². The number of hydrogen-bond donors (Lipinski definition) is 1. The molecule has 1 amide bonds. The van der Waals surface area contributed by atoms with Crippen LogP contribution < -0.4 is 10.2 Å². The van der Waals surface area contributed by atoms with Crippen molar-refractivity contribution in [1.29, 1.82) is 0 Å². The van der Waals surface area contributed by atoms with Crippen LogP contribution in [0.1, 0.15) is 10.8 Å². The zero-order valence-corrected chi connectivity index (χ0v) is 15.7. The van der Waals surface area contributed by atoms with Gasteiger partial charge in [0.1, 0.15) is 11.1 Å². The number of alkyl halides is 1. The molecule has 2 aromatic carbocycles. The molecule has 0 bridgehead atoms. The van der Waals surface area contributed by atoms with Crippen LogP contribution in [0.25, 0.3) is 0 Å². The van der Waals surface area contributed by atoms with Crippen molar-refractivity contribution in [3.05, 3.63) is 60.2 Å². The molecule has 0 aliphatic heterocycles. The van der Waals surface area contributed by atoms with Gasteiger partial charge in [-0.2, -0.15) is 0 Å². The number of amides is 1. The van der Waals surface area contributed by atoms with Gasteiger partial charge in [-0.15, -0.1) is 11.6 Å². The predicted octanol–water partition coefficient (Wildman–Crippen LogP) is 2.62. The number of sulfone groups is 1. The molecule has 2 aromatic rings.